The third kappa shape index (κ3) is 3.53. The molecule has 0 spiro atoms. The summed E-state index contributed by atoms with van der Waals surface area (Å²) in [7, 11) is 0. The monoisotopic (exact) mass is 284 g/mol. The molecule has 0 bridgehead atoms. The molecule has 2 saturated heterocycles. The fourth-order valence-electron chi connectivity index (χ4n) is 3.52. The quantitative estimate of drug-likeness (QED) is 0.866. The zero-order chi connectivity index (χ0) is 14.5. The van der Waals surface area contributed by atoms with E-state index in [-0.39, 0.29) is 5.91 Å². The number of amides is 1. The lowest BCUT2D eigenvalue weighted by atomic mass is 9.94. The minimum atomic E-state index is 0.164. The number of hydrogen-bond acceptors (Lipinski definition) is 2. The van der Waals surface area contributed by atoms with Gasteiger partial charge in [0.25, 0.3) is 0 Å². The molecule has 1 amide bonds. The van der Waals surface area contributed by atoms with Crippen molar-refractivity contribution in [2.24, 2.45) is 0 Å². The van der Waals surface area contributed by atoms with Crippen LogP contribution in [0.5, 0.6) is 0 Å². The van der Waals surface area contributed by atoms with Crippen molar-refractivity contribution in [1.29, 1.82) is 0 Å². The number of rotatable bonds is 3. The highest BCUT2D eigenvalue weighted by Crippen LogP contribution is 2.24. The number of nitrogens with one attached hydrogen (secondary N) is 1. The van der Waals surface area contributed by atoms with Gasteiger partial charge >= 0.3 is 0 Å². The molecule has 1 N–H and O–H groups in total. The molecule has 3 nitrogen and oxygen atoms in total. The van der Waals surface area contributed by atoms with E-state index in [4.69, 9.17) is 0 Å². The van der Waals surface area contributed by atoms with Crippen molar-refractivity contribution in [3.8, 4) is 0 Å². The zero-order valence-corrected chi connectivity index (χ0v) is 12.5. The largest absolute Gasteiger partial charge is 0.335 e. The lowest BCUT2D eigenvalue weighted by molar-refractivity contribution is -0.130. The van der Waals surface area contributed by atoms with Gasteiger partial charge in [0.15, 0.2) is 0 Å². The zero-order valence-electron chi connectivity index (χ0n) is 12.5. The lowest BCUT2D eigenvalue weighted by Crippen LogP contribution is -2.52. The van der Waals surface area contributed by atoms with Crippen LogP contribution in [-0.4, -0.2) is 36.0 Å². The Kier molecular flexibility index (Phi) is 4.71. The number of carbonyl (C=O) groups is 1. The summed E-state index contributed by atoms with van der Waals surface area (Å²) in [5.74, 6) is 0.164. The molecule has 112 valence electrons. The fourth-order valence-corrected chi connectivity index (χ4v) is 3.52. The minimum Gasteiger partial charge on any atom is -0.335 e. The summed E-state index contributed by atoms with van der Waals surface area (Å²) in [6, 6.07) is 10.9. The summed E-state index contributed by atoms with van der Waals surface area (Å²) < 4.78 is 0. The van der Waals surface area contributed by atoms with E-state index in [1.54, 1.807) is 6.08 Å². The van der Waals surface area contributed by atoms with Crippen LogP contribution in [0, 0.1) is 0 Å². The van der Waals surface area contributed by atoms with Crippen molar-refractivity contribution >= 4 is 12.0 Å². The predicted octanol–water partition coefficient (Wildman–Crippen LogP) is 2.83. The van der Waals surface area contributed by atoms with Crippen LogP contribution < -0.4 is 5.32 Å². The highest BCUT2D eigenvalue weighted by atomic mass is 16.2. The molecule has 0 saturated carbocycles. The average Bonchev–Trinajstić information content (AvgIpc) is 3.08. The Labute approximate surface area is 127 Å². The molecule has 2 aliphatic heterocycles. The van der Waals surface area contributed by atoms with Crippen molar-refractivity contribution in [1.82, 2.24) is 10.2 Å². The molecule has 2 heterocycles. The van der Waals surface area contributed by atoms with Gasteiger partial charge < -0.3 is 10.2 Å². The van der Waals surface area contributed by atoms with Crippen LogP contribution >= 0.6 is 0 Å². The van der Waals surface area contributed by atoms with Gasteiger partial charge in [-0.15, -0.1) is 0 Å². The van der Waals surface area contributed by atoms with Crippen molar-refractivity contribution in [3.05, 3.63) is 42.0 Å². The Morgan fingerprint density at radius 2 is 2.00 bits per heavy atom. The van der Waals surface area contributed by atoms with Gasteiger partial charge in [-0.3, -0.25) is 4.79 Å². The van der Waals surface area contributed by atoms with Gasteiger partial charge in [-0.25, -0.2) is 0 Å². The third-order valence-electron chi connectivity index (χ3n) is 4.61. The van der Waals surface area contributed by atoms with Crippen LogP contribution in [0.25, 0.3) is 6.08 Å². The van der Waals surface area contributed by atoms with Crippen molar-refractivity contribution in [3.63, 3.8) is 0 Å². The standard InChI is InChI=1S/C18H24N2O/c21-18(12-11-15-7-2-1-3-8-15)20-14-5-4-10-17(20)16-9-6-13-19-16/h1-3,7-8,11-12,16-17,19H,4-6,9-10,13-14H2. The van der Waals surface area contributed by atoms with E-state index in [0.29, 0.717) is 12.1 Å². The number of benzene rings is 1. The number of hydrogen-bond donors (Lipinski definition) is 1. The summed E-state index contributed by atoms with van der Waals surface area (Å²) in [5.41, 5.74) is 1.08. The van der Waals surface area contributed by atoms with E-state index in [1.165, 1.54) is 19.3 Å². The molecule has 0 aliphatic carbocycles. The minimum absolute atomic E-state index is 0.164. The first-order valence-corrected chi connectivity index (χ1v) is 8.12. The molecule has 2 fully saturated rings. The molecule has 21 heavy (non-hydrogen) atoms. The van der Waals surface area contributed by atoms with Crippen LogP contribution in [0.1, 0.15) is 37.7 Å². The molecular weight excluding hydrogens is 260 g/mol. The second-order valence-electron chi connectivity index (χ2n) is 6.04. The molecule has 2 unspecified atom stereocenters. The van der Waals surface area contributed by atoms with Gasteiger partial charge in [-0.2, -0.15) is 0 Å². The van der Waals surface area contributed by atoms with Crippen LogP contribution in [-0.2, 0) is 4.79 Å². The van der Waals surface area contributed by atoms with Gasteiger partial charge in [0, 0.05) is 24.7 Å². The van der Waals surface area contributed by atoms with E-state index in [0.717, 1.165) is 31.5 Å². The second-order valence-corrected chi connectivity index (χ2v) is 6.04. The highest BCUT2D eigenvalue weighted by molar-refractivity contribution is 5.92. The summed E-state index contributed by atoms with van der Waals surface area (Å²) in [6.07, 6.45) is 9.63. The van der Waals surface area contributed by atoms with E-state index in [9.17, 15) is 4.79 Å². The number of likely N-dealkylation sites (tertiary alicyclic amines) is 1. The maximum absolute atomic E-state index is 12.5. The molecular formula is C18H24N2O. The smallest absolute Gasteiger partial charge is 0.246 e. The number of carbonyl (C=O) groups excluding carboxylic acids is 1. The summed E-state index contributed by atoms with van der Waals surface area (Å²) in [4.78, 5) is 14.6. The van der Waals surface area contributed by atoms with Gasteiger partial charge in [-0.1, -0.05) is 30.3 Å². The molecule has 2 atom stereocenters. The first kappa shape index (κ1) is 14.3. The molecule has 0 radical (unpaired) electrons. The molecule has 3 rings (SSSR count). The Bertz CT molecular complexity index is 491. The van der Waals surface area contributed by atoms with Gasteiger partial charge in [0.1, 0.15) is 0 Å². The van der Waals surface area contributed by atoms with Crippen molar-refractivity contribution < 1.29 is 4.79 Å². The molecule has 2 aliphatic rings. The maximum Gasteiger partial charge on any atom is 0.246 e. The number of piperidine rings is 1. The topological polar surface area (TPSA) is 32.3 Å². The van der Waals surface area contributed by atoms with Crippen molar-refractivity contribution in [2.75, 3.05) is 13.1 Å². The van der Waals surface area contributed by atoms with Crippen LogP contribution in [0.3, 0.4) is 0 Å². The normalized spacial score (nSPS) is 26.4. The summed E-state index contributed by atoms with van der Waals surface area (Å²) >= 11 is 0. The van der Waals surface area contributed by atoms with Crippen LogP contribution in [0.4, 0.5) is 0 Å². The predicted molar refractivity (Wildman–Crippen MR) is 85.9 cm³/mol. The Hall–Kier alpha value is -1.61. The van der Waals surface area contributed by atoms with Gasteiger partial charge in [-0.05, 0) is 50.3 Å². The first-order chi connectivity index (χ1) is 10.3. The van der Waals surface area contributed by atoms with Crippen molar-refractivity contribution in [2.45, 2.75) is 44.2 Å². The molecule has 3 heteroatoms. The van der Waals surface area contributed by atoms with Crippen LogP contribution in [0.2, 0.25) is 0 Å². The molecule has 1 aromatic rings. The van der Waals surface area contributed by atoms with E-state index < -0.39 is 0 Å². The highest BCUT2D eigenvalue weighted by Gasteiger charge is 2.33. The first-order valence-electron chi connectivity index (χ1n) is 8.12. The Morgan fingerprint density at radius 1 is 1.14 bits per heavy atom. The molecule has 0 aromatic heterocycles. The summed E-state index contributed by atoms with van der Waals surface area (Å²) in [5, 5.41) is 3.57. The average molecular weight is 284 g/mol. The number of nitrogens with zero attached hydrogens (tertiary/aromatic N) is 1. The second kappa shape index (κ2) is 6.90. The summed E-state index contributed by atoms with van der Waals surface area (Å²) in [6.45, 7) is 2.00. The van der Waals surface area contributed by atoms with E-state index >= 15 is 0 Å². The van der Waals surface area contributed by atoms with Gasteiger partial charge in [0.2, 0.25) is 5.91 Å². The van der Waals surface area contributed by atoms with E-state index in [1.807, 2.05) is 36.4 Å². The maximum atomic E-state index is 12.5. The molecule has 1 aromatic carbocycles. The fraction of sp³-hybridized carbons (Fsp3) is 0.500. The van der Waals surface area contributed by atoms with E-state index in [2.05, 4.69) is 10.2 Å². The third-order valence-corrected chi connectivity index (χ3v) is 4.61. The lowest BCUT2D eigenvalue weighted by Gasteiger charge is -2.38. The van der Waals surface area contributed by atoms with Gasteiger partial charge in [0.05, 0.1) is 0 Å². The Morgan fingerprint density at radius 3 is 2.76 bits per heavy atom. The SMILES string of the molecule is O=C(C=Cc1ccccc1)N1CCCCC1C1CCCN1. The Balaban J connectivity index is 1.67. The van der Waals surface area contributed by atoms with Crippen LogP contribution in [0.15, 0.2) is 36.4 Å².